The van der Waals surface area contributed by atoms with E-state index in [1.165, 1.54) is 0 Å². The summed E-state index contributed by atoms with van der Waals surface area (Å²) in [4.78, 5) is 58.2. The smallest absolute Gasteiger partial charge is 0.461 e. The Bertz CT molecular complexity index is 1580. The normalized spacial score (nSPS) is 12.8. The van der Waals surface area contributed by atoms with Gasteiger partial charge in [0.25, 0.3) is 0 Å². The third-order valence-corrected chi connectivity index (χ3v) is 6.77. The molecule has 0 spiro atoms. The van der Waals surface area contributed by atoms with E-state index in [4.69, 9.17) is 9.72 Å². The first-order chi connectivity index (χ1) is 19.1. The van der Waals surface area contributed by atoms with Crippen LogP contribution in [0.1, 0.15) is 36.7 Å². The van der Waals surface area contributed by atoms with Crippen molar-refractivity contribution < 1.29 is 29.0 Å². The van der Waals surface area contributed by atoms with Crippen LogP contribution in [-0.2, 0) is 16.0 Å². The van der Waals surface area contributed by atoms with Crippen LogP contribution in [0.25, 0.3) is 22.2 Å². The van der Waals surface area contributed by atoms with Crippen LogP contribution in [0.15, 0.2) is 84.9 Å². The van der Waals surface area contributed by atoms with Crippen LogP contribution in [0.3, 0.4) is 0 Å². The highest BCUT2D eigenvalue weighted by molar-refractivity contribution is 6.15. The molecule has 0 saturated carbocycles. The summed E-state index contributed by atoms with van der Waals surface area (Å²) >= 11 is 0. The first kappa shape index (κ1) is 28.1. The second-order valence-electron chi connectivity index (χ2n) is 10.1. The zero-order chi connectivity index (χ0) is 29.1. The average molecular weight is 541 g/mol. The zero-order valence-electron chi connectivity index (χ0n) is 22.7. The second kappa shape index (κ2) is 11.1. The number of fused-ring (bicyclic) bond motifs is 1. The van der Waals surface area contributed by atoms with E-state index < -0.39 is 28.2 Å². The number of nitrogens with zero attached hydrogens (tertiary/aromatic N) is 3. The van der Waals surface area contributed by atoms with Crippen molar-refractivity contribution in [3.63, 3.8) is 0 Å². The summed E-state index contributed by atoms with van der Waals surface area (Å²) in [6, 6.07) is 24.3. The van der Waals surface area contributed by atoms with Crippen molar-refractivity contribution in [2.75, 3.05) is 7.11 Å². The minimum Gasteiger partial charge on any atom is -0.461 e. The first-order valence-corrected chi connectivity index (χ1v) is 12.6. The van der Waals surface area contributed by atoms with E-state index in [0.29, 0.717) is 39.0 Å². The Morgan fingerprint density at radius 2 is 1.50 bits per heavy atom. The number of benzene rings is 3. The molecule has 3 aromatic carbocycles. The minimum absolute atomic E-state index is 0.0884. The fourth-order valence-electron chi connectivity index (χ4n) is 5.15. The van der Waals surface area contributed by atoms with Crippen molar-refractivity contribution in [3.8, 4) is 11.3 Å². The van der Waals surface area contributed by atoms with Gasteiger partial charge in [-0.1, -0.05) is 66.7 Å². The van der Waals surface area contributed by atoms with Crippen LogP contribution in [-0.4, -0.2) is 52.1 Å². The third-order valence-electron chi connectivity index (χ3n) is 6.77. The molecule has 4 aromatic rings. The predicted octanol–water partition coefficient (Wildman–Crippen LogP) is 6.25. The molecule has 1 aromatic heterocycles. The largest absolute Gasteiger partial charge is 0.466 e. The van der Waals surface area contributed by atoms with Gasteiger partial charge in [0, 0.05) is 35.1 Å². The molecule has 0 aliphatic rings. The molecule has 1 unspecified atom stereocenters. The fraction of sp³-hybridized carbons (Fsp3) is 0.194. The van der Waals surface area contributed by atoms with Gasteiger partial charge in [-0.25, -0.2) is 19.4 Å². The number of aldehydes is 1. The molecule has 4 rings (SSSR count). The fourth-order valence-corrected chi connectivity index (χ4v) is 5.15. The van der Waals surface area contributed by atoms with Crippen LogP contribution < -0.4 is 4.59 Å². The number of quaternary nitrogens is 1. The van der Waals surface area contributed by atoms with Crippen molar-refractivity contribution in [2.45, 2.75) is 32.7 Å². The number of rotatable bonds is 5. The molecule has 0 aliphatic heterocycles. The van der Waals surface area contributed by atoms with Crippen LogP contribution in [0, 0.1) is 0 Å². The molecule has 3 amide bonds. The molecule has 0 fully saturated rings. The van der Waals surface area contributed by atoms with Crippen molar-refractivity contribution in [3.05, 3.63) is 96.1 Å². The van der Waals surface area contributed by atoms with Crippen molar-refractivity contribution in [1.82, 2.24) is 14.6 Å². The highest BCUT2D eigenvalue weighted by Crippen LogP contribution is 2.41. The van der Waals surface area contributed by atoms with Gasteiger partial charge in [0.15, 0.2) is 5.69 Å². The summed E-state index contributed by atoms with van der Waals surface area (Å²) < 4.78 is 3.82. The zero-order valence-corrected chi connectivity index (χ0v) is 22.7. The van der Waals surface area contributed by atoms with Crippen molar-refractivity contribution >= 4 is 41.0 Å². The van der Waals surface area contributed by atoms with Gasteiger partial charge >= 0.3 is 18.1 Å². The van der Waals surface area contributed by atoms with E-state index in [1.54, 1.807) is 75.4 Å². The number of ether oxygens (including phenoxy) is 1. The van der Waals surface area contributed by atoms with Crippen molar-refractivity contribution in [2.24, 2.45) is 0 Å². The number of imide groups is 1. The summed E-state index contributed by atoms with van der Waals surface area (Å²) in [7, 11) is 1.05. The monoisotopic (exact) mass is 540 g/mol. The molecule has 9 nitrogen and oxygen atoms in total. The van der Waals surface area contributed by atoms with Crippen molar-refractivity contribution in [1.29, 1.82) is 0 Å². The number of para-hydroxylation sites is 2. The highest BCUT2D eigenvalue weighted by Gasteiger charge is 2.61. The molecular formula is C31H30N3O6+. The quantitative estimate of drug-likeness (QED) is 0.181. The van der Waals surface area contributed by atoms with Crippen LogP contribution >= 0.6 is 0 Å². The number of aromatic nitrogens is 1. The summed E-state index contributed by atoms with van der Waals surface area (Å²) in [5.41, 5.74) is 0.936. The maximum Gasteiger partial charge on any atom is 0.466 e. The van der Waals surface area contributed by atoms with E-state index in [9.17, 15) is 19.5 Å². The van der Waals surface area contributed by atoms with Gasteiger partial charge < -0.3 is 14.6 Å². The summed E-state index contributed by atoms with van der Waals surface area (Å²) in [6.45, 7) is 4.99. The second-order valence-corrected chi connectivity index (χ2v) is 10.1. The lowest BCUT2D eigenvalue weighted by molar-refractivity contribution is -0.107. The summed E-state index contributed by atoms with van der Waals surface area (Å²) in [5.74, 6) is -0.737. The Labute approximate surface area is 231 Å². The number of hydrogen-bond acceptors (Lipinski definition) is 6. The third kappa shape index (κ3) is 4.60. The lowest BCUT2D eigenvalue weighted by Gasteiger charge is -2.47. The van der Waals surface area contributed by atoms with Crippen LogP contribution in [0.5, 0.6) is 0 Å². The summed E-state index contributed by atoms with van der Waals surface area (Å²) in [5, 5.41) is 11.3. The van der Waals surface area contributed by atoms with E-state index in [0.717, 1.165) is 7.11 Å². The molecule has 1 N–H and O–H groups in total. The van der Waals surface area contributed by atoms with Gasteiger partial charge in [-0.05, 0) is 31.8 Å². The van der Waals surface area contributed by atoms with Gasteiger partial charge in [0.2, 0.25) is 0 Å². The number of hydrogen-bond donors (Lipinski definition) is 1. The Kier molecular flexibility index (Phi) is 7.79. The van der Waals surface area contributed by atoms with Gasteiger partial charge in [-0.3, -0.25) is 0 Å². The number of pyridine rings is 1. The summed E-state index contributed by atoms with van der Waals surface area (Å²) in [6.07, 6.45) is -2.41. The Hall–Kier alpha value is -4.89. The Morgan fingerprint density at radius 3 is 2.05 bits per heavy atom. The molecular weight excluding hydrogens is 510 g/mol. The number of carbonyl (C=O) groups is 4. The van der Waals surface area contributed by atoms with E-state index >= 15 is 4.79 Å². The van der Waals surface area contributed by atoms with Gasteiger partial charge in [0.05, 0.1) is 23.9 Å². The standard InChI is InChI=1S/C31H29N3O6/c1-31(2,3)34(22-15-9-6-10-16-22,33(29(37)38)30(39)40-4)28(36)26-23-17-11-12-18-25(23)32-27(24(26)19-20-35)21-13-7-5-8-14-21/h5-18,20H,19H2,1-4H3/p+1. The molecule has 1 heterocycles. The average Bonchev–Trinajstić information content (AvgIpc) is 2.95. The SMILES string of the molecule is COC(=O)N(C(=O)O)[N+](C(=O)c1c(CC=O)c(-c2ccccc2)nc2ccccc12)(c1ccccc1)C(C)(C)C. The number of amides is 3. The minimum atomic E-state index is -1.68. The molecule has 0 saturated heterocycles. The Morgan fingerprint density at radius 1 is 0.925 bits per heavy atom. The molecule has 204 valence electrons. The topological polar surface area (TPSA) is 114 Å². The molecule has 9 heteroatoms. The molecule has 40 heavy (non-hydrogen) atoms. The molecule has 0 bridgehead atoms. The lowest BCUT2D eigenvalue weighted by Crippen LogP contribution is -2.76. The number of methoxy groups -OCH3 is 1. The van der Waals surface area contributed by atoms with Crippen LogP contribution in [0.2, 0.25) is 0 Å². The predicted molar refractivity (Wildman–Crippen MR) is 152 cm³/mol. The maximum absolute atomic E-state index is 15.3. The molecule has 0 aliphatic carbocycles. The van der Waals surface area contributed by atoms with Gasteiger partial charge in [-0.15, -0.1) is 4.59 Å². The molecule has 0 radical (unpaired) electrons. The van der Waals surface area contributed by atoms with Crippen LogP contribution in [0.4, 0.5) is 15.3 Å². The van der Waals surface area contributed by atoms with E-state index in [1.807, 2.05) is 30.3 Å². The Balaban J connectivity index is 2.24. The lowest BCUT2D eigenvalue weighted by atomic mass is 9.91. The van der Waals surface area contributed by atoms with E-state index in [2.05, 4.69) is 0 Å². The van der Waals surface area contributed by atoms with Gasteiger partial charge in [-0.2, -0.15) is 0 Å². The van der Waals surface area contributed by atoms with E-state index in [-0.39, 0.29) is 17.7 Å². The maximum atomic E-state index is 15.3. The van der Waals surface area contributed by atoms with Gasteiger partial charge in [0.1, 0.15) is 11.8 Å². The number of carbonyl (C=O) groups excluding carboxylic acids is 3. The highest BCUT2D eigenvalue weighted by atomic mass is 16.6. The number of carboxylic acid groups (broad SMARTS) is 1. The molecule has 1 atom stereocenters. The first-order valence-electron chi connectivity index (χ1n) is 12.6.